The highest BCUT2D eigenvalue weighted by Crippen LogP contribution is 2.33. The molecule has 2 heterocycles. The highest BCUT2D eigenvalue weighted by molar-refractivity contribution is 5.83. The van der Waals surface area contributed by atoms with Crippen LogP contribution in [0, 0.1) is 11.8 Å². The Morgan fingerprint density at radius 2 is 1.54 bits per heavy atom. The normalized spacial score (nSPS) is 24.4. The van der Waals surface area contributed by atoms with E-state index in [4.69, 9.17) is 0 Å². The Morgan fingerprint density at radius 3 is 2.23 bits per heavy atom. The van der Waals surface area contributed by atoms with Gasteiger partial charge in [0.1, 0.15) is 0 Å². The van der Waals surface area contributed by atoms with Gasteiger partial charge in [-0.05, 0) is 31.2 Å². The maximum Gasteiger partial charge on any atom is 0.246 e. The van der Waals surface area contributed by atoms with E-state index < -0.39 is 0 Å². The van der Waals surface area contributed by atoms with Crippen LogP contribution in [-0.4, -0.2) is 41.0 Å². The third kappa shape index (κ3) is 3.39. The van der Waals surface area contributed by atoms with E-state index in [2.05, 4.69) is 17.2 Å². The number of likely N-dealkylation sites (tertiary alicyclic amines) is 1. The second-order valence-electron chi connectivity index (χ2n) is 7.72. The third-order valence-electron chi connectivity index (χ3n) is 6.10. The number of benzene rings is 1. The molecule has 5 nitrogen and oxygen atoms in total. The van der Waals surface area contributed by atoms with E-state index in [9.17, 15) is 9.59 Å². The molecule has 5 heteroatoms. The minimum Gasteiger partial charge on any atom is -0.342 e. The molecule has 1 aromatic carbocycles. The summed E-state index contributed by atoms with van der Waals surface area (Å²) in [6.45, 7) is 1.42. The van der Waals surface area contributed by atoms with Crippen LogP contribution in [0.15, 0.2) is 35.4 Å². The van der Waals surface area contributed by atoms with E-state index in [-0.39, 0.29) is 23.8 Å². The predicted octanol–water partition coefficient (Wildman–Crippen LogP) is 3.37. The third-order valence-corrected chi connectivity index (χ3v) is 6.10. The summed E-state index contributed by atoms with van der Waals surface area (Å²) in [6.07, 6.45) is 8.56. The molecule has 2 aliphatic heterocycles. The van der Waals surface area contributed by atoms with Crippen molar-refractivity contribution in [1.82, 2.24) is 9.91 Å². The van der Waals surface area contributed by atoms with Crippen LogP contribution >= 0.6 is 0 Å². The Kier molecular flexibility index (Phi) is 5.05. The Labute approximate surface area is 155 Å². The first kappa shape index (κ1) is 17.3. The topological polar surface area (TPSA) is 53.0 Å². The van der Waals surface area contributed by atoms with Crippen LogP contribution in [0.1, 0.15) is 56.6 Å². The van der Waals surface area contributed by atoms with Gasteiger partial charge in [0.2, 0.25) is 11.8 Å². The van der Waals surface area contributed by atoms with E-state index >= 15 is 0 Å². The van der Waals surface area contributed by atoms with Gasteiger partial charge in [-0.2, -0.15) is 5.10 Å². The van der Waals surface area contributed by atoms with Crippen molar-refractivity contribution in [3.63, 3.8) is 0 Å². The zero-order valence-corrected chi connectivity index (χ0v) is 15.2. The summed E-state index contributed by atoms with van der Waals surface area (Å²) < 4.78 is 0. The van der Waals surface area contributed by atoms with Crippen molar-refractivity contribution in [2.45, 2.75) is 51.0 Å². The SMILES string of the molecule is O=C(C1CCCC1)N1CCC(C(=O)N2N=CCC2c2ccccc2)CC1. The summed E-state index contributed by atoms with van der Waals surface area (Å²) in [4.78, 5) is 27.6. The highest BCUT2D eigenvalue weighted by atomic mass is 16.2. The van der Waals surface area contributed by atoms with Crippen molar-refractivity contribution in [1.29, 1.82) is 0 Å². The Morgan fingerprint density at radius 1 is 0.885 bits per heavy atom. The molecule has 0 aromatic heterocycles. The van der Waals surface area contributed by atoms with Crippen molar-refractivity contribution >= 4 is 18.0 Å². The van der Waals surface area contributed by atoms with Gasteiger partial charge in [-0.1, -0.05) is 43.2 Å². The summed E-state index contributed by atoms with van der Waals surface area (Å²) in [5.41, 5.74) is 1.13. The lowest BCUT2D eigenvalue weighted by atomic mass is 9.93. The molecule has 0 bridgehead atoms. The van der Waals surface area contributed by atoms with E-state index in [1.807, 2.05) is 29.3 Å². The number of nitrogens with zero attached hydrogens (tertiary/aromatic N) is 3. The molecule has 3 aliphatic rings. The number of amides is 2. The van der Waals surface area contributed by atoms with Gasteiger partial charge in [0.25, 0.3) is 0 Å². The van der Waals surface area contributed by atoms with Gasteiger partial charge in [0, 0.05) is 37.6 Å². The molecule has 1 unspecified atom stereocenters. The fourth-order valence-electron chi connectivity index (χ4n) is 4.54. The zero-order valence-electron chi connectivity index (χ0n) is 15.2. The number of hydrogen-bond donors (Lipinski definition) is 0. The van der Waals surface area contributed by atoms with Crippen LogP contribution in [0.2, 0.25) is 0 Å². The van der Waals surface area contributed by atoms with Crippen LogP contribution in [0.3, 0.4) is 0 Å². The molecule has 2 amide bonds. The van der Waals surface area contributed by atoms with Gasteiger partial charge in [0.05, 0.1) is 6.04 Å². The van der Waals surface area contributed by atoms with Gasteiger partial charge in [-0.25, -0.2) is 5.01 Å². The Bertz CT molecular complexity index is 674. The van der Waals surface area contributed by atoms with Gasteiger partial charge in [0.15, 0.2) is 0 Å². The number of hydrazone groups is 1. The molecule has 1 atom stereocenters. The highest BCUT2D eigenvalue weighted by Gasteiger charge is 2.36. The number of carbonyl (C=O) groups excluding carboxylic acids is 2. The molecule has 1 saturated heterocycles. The standard InChI is InChI=1S/C21H27N3O2/c25-20(17-8-4-5-9-17)23-14-11-18(12-15-23)21(26)24-19(10-13-22-24)16-6-2-1-3-7-16/h1-3,6-7,13,17-19H,4-5,8-12,14-15H2. The fraction of sp³-hybridized carbons (Fsp3) is 0.571. The smallest absolute Gasteiger partial charge is 0.246 e. The molecular formula is C21H27N3O2. The maximum atomic E-state index is 13.0. The largest absolute Gasteiger partial charge is 0.342 e. The van der Waals surface area contributed by atoms with Crippen LogP contribution in [0.4, 0.5) is 0 Å². The fourth-order valence-corrected chi connectivity index (χ4v) is 4.54. The lowest BCUT2D eigenvalue weighted by Gasteiger charge is -2.35. The summed E-state index contributed by atoms with van der Waals surface area (Å²) in [6, 6.07) is 10.1. The minimum atomic E-state index is -0.0240. The number of carbonyl (C=O) groups is 2. The predicted molar refractivity (Wildman–Crippen MR) is 100 cm³/mol. The second-order valence-corrected chi connectivity index (χ2v) is 7.72. The van der Waals surface area contributed by atoms with Crippen molar-refractivity contribution in [2.24, 2.45) is 16.9 Å². The first-order valence-corrected chi connectivity index (χ1v) is 9.93. The van der Waals surface area contributed by atoms with Crippen molar-refractivity contribution in [3.8, 4) is 0 Å². The summed E-state index contributed by atoms with van der Waals surface area (Å²) >= 11 is 0. The van der Waals surface area contributed by atoms with Crippen molar-refractivity contribution in [2.75, 3.05) is 13.1 Å². The molecule has 1 aromatic rings. The molecule has 26 heavy (non-hydrogen) atoms. The van der Waals surface area contributed by atoms with Crippen LogP contribution < -0.4 is 0 Å². The second kappa shape index (κ2) is 7.60. The van der Waals surface area contributed by atoms with E-state index in [1.165, 1.54) is 12.8 Å². The average molecular weight is 353 g/mol. The van der Waals surface area contributed by atoms with E-state index in [0.717, 1.165) is 37.7 Å². The number of piperidine rings is 1. The van der Waals surface area contributed by atoms with Gasteiger partial charge in [-0.15, -0.1) is 0 Å². The summed E-state index contributed by atoms with van der Waals surface area (Å²) in [5.74, 6) is 0.632. The van der Waals surface area contributed by atoms with E-state index in [0.29, 0.717) is 19.0 Å². The molecule has 0 radical (unpaired) electrons. The van der Waals surface area contributed by atoms with Crippen LogP contribution in [-0.2, 0) is 9.59 Å². The monoisotopic (exact) mass is 353 g/mol. The quantitative estimate of drug-likeness (QED) is 0.836. The minimum absolute atomic E-state index is 0.0156. The molecule has 138 valence electrons. The zero-order chi connectivity index (χ0) is 17.9. The summed E-state index contributed by atoms with van der Waals surface area (Å²) in [7, 11) is 0. The lowest BCUT2D eigenvalue weighted by Crippen LogP contribution is -2.45. The van der Waals surface area contributed by atoms with Gasteiger partial charge >= 0.3 is 0 Å². The molecule has 0 N–H and O–H groups in total. The van der Waals surface area contributed by atoms with Crippen LogP contribution in [0.25, 0.3) is 0 Å². The number of rotatable bonds is 3. The van der Waals surface area contributed by atoms with E-state index in [1.54, 1.807) is 5.01 Å². The lowest BCUT2D eigenvalue weighted by molar-refractivity contribution is -0.143. The molecule has 1 saturated carbocycles. The molecule has 2 fully saturated rings. The molecule has 1 aliphatic carbocycles. The van der Waals surface area contributed by atoms with Gasteiger partial charge in [-0.3, -0.25) is 9.59 Å². The molecule has 0 spiro atoms. The van der Waals surface area contributed by atoms with Crippen molar-refractivity contribution in [3.05, 3.63) is 35.9 Å². The summed E-state index contributed by atoms with van der Waals surface area (Å²) in [5, 5.41) is 6.04. The maximum absolute atomic E-state index is 13.0. The average Bonchev–Trinajstić information content (AvgIpc) is 3.39. The number of hydrogen-bond acceptors (Lipinski definition) is 3. The van der Waals surface area contributed by atoms with Crippen molar-refractivity contribution < 1.29 is 9.59 Å². The first-order valence-electron chi connectivity index (χ1n) is 9.93. The molecular weight excluding hydrogens is 326 g/mol. The molecule has 4 rings (SSSR count). The Hall–Kier alpha value is -2.17. The Balaban J connectivity index is 1.36. The van der Waals surface area contributed by atoms with Crippen LogP contribution in [0.5, 0.6) is 0 Å². The first-order chi connectivity index (χ1) is 12.7. The van der Waals surface area contributed by atoms with Gasteiger partial charge < -0.3 is 4.90 Å².